The quantitative estimate of drug-likeness (QED) is 0.802. The van der Waals surface area contributed by atoms with Crippen LogP contribution in [0.4, 0.5) is 0 Å². The van der Waals surface area contributed by atoms with Gasteiger partial charge in [0.15, 0.2) is 0 Å². The molecule has 5 heteroatoms. The first kappa shape index (κ1) is 21.8. The van der Waals surface area contributed by atoms with Gasteiger partial charge in [0.1, 0.15) is 5.75 Å². The monoisotopic (exact) mass is 368 g/mol. The van der Waals surface area contributed by atoms with Crippen LogP contribution in [0.25, 0.3) is 0 Å². The highest BCUT2D eigenvalue weighted by Gasteiger charge is 2.32. The zero-order valence-electron chi connectivity index (χ0n) is 15.9. The zero-order chi connectivity index (χ0) is 17.7. The van der Waals surface area contributed by atoms with Gasteiger partial charge in [0.25, 0.3) is 0 Å². The Balaban J connectivity index is 0.00000312. The van der Waals surface area contributed by atoms with E-state index in [-0.39, 0.29) is 24.4 Å². The van der Waals surface area contributed by atoms with Gasteiger partial charge in [-0.15, -0.1) is 12.4 Å². The topological polar surface area (TPSA) is 64.3 Å². The second-order valence-electron chi connectivity index (χ2n) is 7.94. The van der Waals surface area contributed by atoms with Gasteiger partial charge in [0, 0.05) is 12.1 Å². The number of benzene rings is 1. The normalized spacial score (nSPS) is 20.7. The number of hydrogen-bond acceptors (Lipinski definition) is 3. The highest BCUT2D eigenvalue weighted by atomic mass is 35.5. The highest BCUT2D eigenvalue weighted by Crippen LogP contribution is 2.27. The maximum atomic E-state index is 12.7. The van der Waals surface area contributed by atoms with E-state index in [1.54, 1.807) is 0 Å². The number of nitrogens with two attached hydrogens (primary N) is 1. The van der Waals surface area contributed by atoms with Crippen molar-refractivity contribution in [2.45, 2.75) is 70.9 Å². The van der Waals surface area contributed by atoms with Gasteiger partial charge < -0.3 is 15.8 Å². The van der Waals surface area contributed by atoms with Crippen LogP contribution in [0.15, 0.2) is 24.3 Å². The van der Waals surface area contributed by atoms with Gasteiger partial charge in [0.2, 0.25) is 5.91 Å². The summed E-state index contributed by atoms with van der Waals surface area (Å²) >= 11 is 0. The maximum Gasteiger partial charge on any atom is 0.230 e. The molecule has 0 saturated heterocycles. The van der Waals surface area contributed by atoms with Crippen molar-refractivity contribution in [3.8, 4) is 5.75 Å². The van der Waals surface area contributed by atoms with E-state index in [1.807, 2.05) is 38.1 Å². The van der Waals surface area contributed by atoms with Crippen LogP contribution in [-0.2, 0) is 10.2 Å². The summed E-state index contributed by atoms with van der Waals surface area (Å²) in [7, 11) is 0. The summed E-state index contributed by atoms with van der Waals surface area (Å²) in [6.07, 6.45) is 3.94. The Bertz CT molecular complexity index is 535. The van der Waals surface area contributed by atoms with Crippen molar-refractivity contribution in [1.29, 1.82) is 0 Å². The molecule has 1 amide bonds. The first-order valence-electron chi connectivity index (χ1n) is 9.09. The standard InChI is InChI=1S/C20H32N2O2.ClH/c1-14(2)13-24-18-11-5-15(6-12-18)20(3,4)19(23)22-17-9-7-16(21)8-10-17;/h5-6,11-12,14,16-17H,7-10,13,21H2,1-4H3,(H,22,23);1H. The number of ether oxygens (including phenoxy) is 1. The lowest BCUT2D eigenvalue weighted by molar-refractivity contribution is -0.126. The smallest absolute Gasteiger partial charge is 0.230 e. The first-order valence-corrected chi connectivity index (χ1v) is 9.09. The molecule has 0 bridgehead atoms. The minimum Gasteiger partial charge on any atom is -0.493 e. The summed E-state index contributed by atoms with van der Waals surface area (Å²) in [5, 5.41) is 3.21. The molecule has 0 atom stereocenters. The fourth-order valence-electron chi connectivity index (χ4n) is 2.99. The van der Waals surface area contributed by atoms with Gasteiger partial charge in [-0.3, -0.25) is 4.79 Å². The fraction of sp³-hybridized carbons (Fsp3) is 0.650. The lowest BCUT2D eigenvalue weighted by Gasteiger charge is -2.31. The maximum absolute atomic E-state index is 12.7. The molecule has 25 heavy (non-hydrogen) atoms. The van der Waals surface area contributed by atoms with E-state index in [2.05, 4.69) is 19.2 Å². The van der Waals surface area contributed by atoms with E-state index in [4.69, 9.17) is 10.5 Å². The molecule has 0 spiro atoms. The molecule has 4 nitrogen and oxygen atoms in total. The van der Waals surface area contributed by atoms with Crippen LogP contribution in [0.2, 0.25) is 0 Å². The van der Waals surface area contributed by atoms with Gasteiger partial charge in [-0.1, -0.05) is 26.0 Å². The molecule has 3 N–H and O–H groups in total. The van der Waals surface area contributed by atoms with Crippen LogP contribution in [0.1, 0.15) is 58.9 Å². The lowest BCUT2D eigenvalue weighted by Crippen LogP contribution is -2.47. The third kappa shape index (κ3) is 6.19. The van der Waals surface area contributed by atoms with E-state index >= 15 is 0 Å². The molecule has 0 unspecified atom stereocenters. The molecule has 1 aromatic carbocycles. The Hall–Kier alpha value is -1.26. The summed E-state index contributed by atoms with van der Waals surface area (Å²) in [4.78, 5) is 12.7. The molecule has 1 aliphatic carbocycles. The molecule has 1 saturated carbocycles. The van der Waals surface area contributed by atoms with E-state index in [0.717, 1.165) is 37.0 Å². The fourth-order valence-corrected chi connectivity index (χ4v) is 2.99. The summed E-state index contributed by atoms with van der Waals surface area (Å²) in [6, 6.07) is 8.44. The molecule has 0 radical (unpaired) electrons. The average molecular weight is 369 g/mol. The van der Waals surface area contributed by atoms with E-state index in [0.29, 0.717) is 18.6 Å². The number of rotatable bonds is 6. The highest BCUT2D eigenvalue weighted by molar-refractivity contribution is 5.87. The van der Waals surface area contributed by atoms with Crippen molar-refractivity contribution in [3.63, 3.8) is 0 Å². The molecule has 142 valence electrons. The van der Waals surface area contributed by atoms with Gasteiger partial charge in [-0.05, 0) is 63.1 Å². The van der Waals surface area contributed by atoms with Crippen LogP contribution in [-0.4, -0.2) is 24.6 Å². The van der Waals surface area contributed by atoms with Crippen molar-refractivity contribution in [1.82, 2.24) is 5.32 Å². The molecule has 2 rings (SSSR count). The Morgan fingerprint density at radius 2 is 1.76 bits per heavy atom. The molecule has 1 fully saturated rings. The minimum atomic E-state index is -0.559. The Morgan fingerprint density at radius 1 is 1.20 bits per heavy atom. The van der Waals surface area contributed by atoms with Crippen LogP contribution in [0, 0.1) is 5.92 Å². The molecule has 1 aliphatic rings. The van der Waals surface area contributed by atoms with Gasteiger partial charge in [-0.2, -0.15) is 0 Å². The number of carbonyl (C=O) groups is 1. The summed E-state index contributed by atoms with van der Waals surface area (Å²) in [5.41, 5.74) is 6.38. The van der Waals surface area contributed by atoms with E-state index in [1.165, 1.54) is 0 Å². The van der Waals surface area contributed by atoms with Crippen LogP contribution < -0.4 is 15.8 Å². The van der Waals surface area contributed by atoms with Crippen LogP contribution >= 0.6 is 12.4 Å². The Labute approximate surface area is 158 Å². The third-order valence-electron chi connectivity index (χ3n) is 4.83. The molecular weight excluding hydrogens is 336 g/mol. The Kier molecular flexibility index (Phi) is 8.23. The van der Waals surface area contributed by atoms with Crippen molar-refractivity contribution < 1.29 is 9.53 Å². The second kappa shape index (κ2) is 9.44. The van der Waals surface area contributed by atoms with E-state index < -0.39 is 5.41 Å². The minimum absolute atomic E-state index is 0. The van der Waals surface area contributed by atoms with Gasteiger partial charge in [-0.25, -0.2) is 0 Å². The predicted octanol–water partition coefficient (Wildman–Crippen LogP) is 3.81. The van der Waals surface area contributed by atoms with Gasteiger partial charge in [0.05, 0.1) is 12.0 Å². The number of amides is 1. The lowest BCUT2D eigenvalue weighted by atomic mass is 9.82. The zero-order valence-corrected chi connectivity index (χ0v) is 16.7. The molecule has 0 aliphatic heterocycles. The predicted molar refractivity (Wildman–Crippen MR) is 105 cm³/mol. The van der Waals surface area contributed by atoms with Crippen molar-refractivity contribution in [2.75, 3.05) is 6.61 Å². The molecule has 1 aromatic rings. The number of carbonyl (C=O) groups excluding carboxylic acids is 1. The number of halogens is 1. The first-order chi connectivity index (χ1) is 11.3. The average Bonchev–Trinajstić information content (AvgIpc) is 2.55. The summed E-state index contributed by atoms with van der Waals surface area (Å²) < 4.78 is 5.71. The van der Waals surface area contributed by atoms with Crippen molar-refractivity contribution in [3.05, 3.63) is 29.8 Å². The third-order valence-corrected chi connectivity index (χ3v) is 4.83. The SMILES string of the molecule is CC(C)COc1ccc(C(C)(C)C(=O)NC2CCC(N)CC2)cc1.Cl. The van der Waals surface area contributed by atoms with E-state index in [9.17, 15) is 4.79 Å². The molecule has 0 heterocycles. The van der Waals surface area contributed by atoms with Crippen LogP contribution in [0.3, 0.4) is 0 Å². The Morgan fingerprint density at radius 3 is 2.28 bits per heavy atom. The summed E-state index contributed by atoms with van der Waals surface area (Å²) in [6.45, 7) is 8.90. The number of nitrogens with one attached hydrogen (secondary N) is 1. The summed E-state index contributed by atoms with van der Waals surface area (Å²) in [5.74, 6) is 1.43. The van der Waals surface area contributed by atoms with Crippen molar-refractivity contribution >= 4 is 18.3 Å². The largest absolute Gasteiger partial charge is 0.493 e. The van der Waals surface area contributed by atoms with Gasteiger partial charge >= 0.3 is 0 Å². The molecular formula is C20H33ClN2O2. The number of hydrogen-bond donors (Lipinski definition) is 2. The second-order valence-corrected chi connectivity index (χ2v) is 7.94. The molecule has 0 aromatic heterocycles. The van der Waals surface area contributed by atoms with Crippen molar-refractivity contribution in [2.24, 2.45) is 11.7 Å². The van der Waals surface area contributed by atoms with Crippen LogP contribution in [0.5, 0.6) is 5.75 Å².